The SMILES string of the molecule is O=C(NC1CC(C(=O)NC(C2CC2)C(F)(F)C(=O)O)C1)OCC1c2ccccc2-c2ccccc21. The van der Waals surface area contributed by atoms with Crippen molar-refractivity contribution in [2.24, 2.45) is 11.8 Å². The normalized spacial score (nSPS) is 21.8. The van der Waals surface area contributed by atoms with Crippen molar-refractivity contribution in [1.29, 1.82) is 0 Å². The van der Waals surface area contributed by atoms with Crippen molar-refractivity contribution in [2.45, 2.75) is 49.6 Å². The van der Waals surface area contributed by atoms with Crippen LogP contribution < -0.4 is 10.6 Å². The number of alkyl halides is 2. The number of carboxylic acid groups (broad SMARTS) is 1. The van der Waals surface area contributed by atoms with E-state index >= 15 is 0 Å². The van der Waals surface area contributed by atoms with Crippen LogP contribution in [0.1, 0.15) is 42.7 Å². The van der Waals surface area contributed by atoms with Crippen molar-refractivity contribution in [3.63, 3.8) is 0 Å². The average molecular weight is 484 g/mol. The van der Waals surface area contributed by atoms with Gasteiger partial charge in [-0.1, -0.05) is 48.5 Å². The Kier molecular flexibility index (Phi) is 5.94. The van der Waals surface area contributed by atoms with Crippen LogP contribution >= 0.6 is 0 Å². The monoisotopic (exact) mass is 484 g/mol. The standard InChI is InChI=1S/C26H26F2N2O5/c27-26(28,24(32)33)22(14-9-10-14)30-23(31)15-11-16(12-15)29-25(34)35-13-21-19-7-3-1-5-17(19)18-6-2-4-8-20(18)21/h1-8,14-16,21-22H,9-13H2,(H,29,34)(H,30,31)(H,32,33). The molecule has 1 unspecified atom stereocenters. The van der Waals surface area contributed by atoms with Crippen LogP contribution in [0.3, 0.4) is 0 Å². The fourth-order valence-corrected chi connectivity index (χ4v) is 5.09. The van der Waals surface area contributed by atoms with E-state index in [1.807, 2.05) is 48.5 Å². The summed E-state index contributed by atoms with van der Waals surface area (Å²) in [5.41, 5.74) is 4.46. The molecule has 7 nitrogen and oxygen atoms in total. The minimum atomic E-state index is -4.01. The van der Waals surface area contributed by atoms with Gasteiger partial charge in [0.15, 0.2) is 0 Å². The second kappa shape index (κ2) is 8.94. The highest BCUT2D eigenvalue weighted by molar-refractivity contribution is 5.83. The smallest absolute Gasteiger partial charge is 0.407 e. The molecule has 2 amide bonds. The van der Waals surface area contributed by atoms with Crippen molar-refractivity contribution in [2.75, 3.05) is 6.61 Å². The fourth-order valence-electron chi connectivity index (χ4n) is 5.09. The van der Waals surface area contributed by atoms with Gasteiger partial charge in [-0.05, 0) is 53.9 Å². The van der Waals surface area contributed by atoms with Crippen LogP contribution in [0.15, 0.2) is 48.5 Å². The predicted molar refractivity (Wildman–Crippen MR) is 122 cm³/mol. The second-order valence-electron chi connectivity index (χ2n) is 9.59. The number of rotatable bonds is 8. The van der Waals surface area contributed by atoms with Crippen LogP contribution in [0.2, 0.25) is 0 Å². The Hall–Kier alpha value is -3.49. The van der Waals surface area contributed by atoms with E-state index < -0.39 is 41.8 Å². The summed E-state index contributed by atoms with van der Waals surface area (Å²) in [5.74, 6) is -8.01. The third kappa shape index (κ3) is 4.47. The Balaban J connectivity index is 1.11. The zero-order chi connectivity index (χ0) is 24.7. The fraction of sp³-hybridized carbons (Fsp3) is 0.423. The van der Waals surface area contributed by atoms with Gasteiger partial charge in [0.2, 0.25) is 5.91 Å². The summed E-state index contributed by atoms with van der Waals surface area (Å²) in [7, 11) is 0. The zero-order valence-corrected chi connectivity index (χ0v) is 18.9. The summed E-state index contributed by atoms with van der Waals surface area (Å²) >= 11 is 0. The number of ether oxygens (including phenoxy) is 1. The number of fused-ring (bicyclic) bond motifs is 3. The van der Waals surface area contributed by atoms with E-state index in [9.17, 15) is 23.2 Å². The van der Waals surface area contributed by atoms with E-state index in [-0.39, 0.29) is 31.4 Å². The zero-order valence-electron chi connectivity index (χ0n) is 18.9. The quantitative estimate of drug-likeness (QED) is 0.527. The van der Waals surface area contributed by atoms with Gasteiger partial charge >= 0.3 is 18.0 Å². The molecule has 0 saturated heterocycles. The van der Waals surface area contributed by atoms with Crippen molar-refractivity contribution >= 4 is 18.0 Å². The molecule has 0 bridgehead atoms. The topological polar surface area (TPSA) is 105 Å². The van der Waals surface area contributed by atoms with Gasteiger partial charge in [0.05, 0.1) is 0 Å². The van der Waals surface area contributed by atoms with Crippen molar-refractivity contribution in [3.05, 3.63) is 59.7 Å². The highest BCUT2D eigenvalue weighted by atomic mass is 19.3. The first kappa shape index (κ1) is 23.3. The van der Waals surface area contributed by atoms with Crippen LogP contribution in [0, 0.1) is 11.8 Å². The molecule has 2 saturated carbocycles. The number of benzene rings is 2. The van der Waals surface area contributed by atoms with Gasteiger partial charge in [0, 0.05) is 17.9 Å². The lowest BCUT2D eigenvalue weighted by atomic mass is 9.79. The molecule has 2 fully saturated rings. The van der Waals surface area contributed by atoms with E-state index in [2.05, 4.69) is 10.6 Å². The van der Waals surface area contributed by atoms with Gasteiger partial charge in [-0.15, -0.1) is 0 Å². The lowest BCUT2D eigenvalue weighted by Gasteiger charge is -2.36. The molecule has 3 aliphatic carbocycles. The summed E-state index contributed by atoms with van der Waals surface area (Å²) < 4.78 is 33.5. The molecule has 184 valence electrons. The first-order valence-corrected chi connectivity index (χ1v) is 11.8. The molecule has 0 radical (unpaired) electrons. The van der Waals surface area contributed by atoms with Gasteiger partial charge in [0.25, 0.3) is 0 Å². The predicted octanol–water partition coefficient (Wildman–Crippen LogP) is 3.92. The lowest BCUT2D eigenvalue weighted by molar-refractivity contribution is -0.171. The summed E-state index contributed by atoms with van der Waals surface area (Å²) in [6, 6.07) is 14.0. The molecule has 0 aliphatic heterocycles. The van der Waals surface area contributed by atoms with Crippen molar-refractivity contribution in [3.8, 4) is 11.1 Å². The highest BCUT2D eigenvalue weighted by Gasteiger charge is 2.55. The first-order valence-electron chi connectivity index (χ1n) is 11.8. The van der Waals surface area contributed by atoms with Crippen molar-refractivity contribution in [1.82, 2.24) is 10.6 Å². The summed E-state index contributed by atoms with van der Waals surface area (Å²) in [6.45, 7) is 0.170. The molecule has 35 heavy (non-hydrogen) atoms. The molecular formula is C26H26F2N2O5. The third-order valence-electron chi connectivity index (χ3n) is 7.24. The molecule has 5 rings (SSSR count). The maximum absolute atomic E-state index is 14.0. The van der Waals surface area contributed by atoms with Crippen LogP contribution in [-0.4, -0.2) is 47.7 Å². The maximum atomic E-state index is 14.0. The number of carbonyl (C=O) groups is 3. The summed E-state index contributed by atoms with van der Waals surface area (Å²) in [5, 5.41) is 13.8. The second-order valence-corrected chi connectivity index (χ2v) is 9.59. The van der Waals surface area contributed by atoms with Gasteiger partial charge in [-0.2, -0.15) is 8.78 Å². The average Bonchev–Trinajstić information content (AvgIpc) is 3.60. The molecule has 0 spiro atoms. The number of hydrogen-bond acceptors (Lipinski definition) is 4. The Labute approximate surface area is 200 Å². The minimum Gasteiger partial charge on any atom is -0.477 e. The molecule has 3 aliphatic rings. The third-order valence-corrected chi connectivity index (χ3v) is 7.24. The van der Waals surface area contributed by atoms with Gasteiger partial charge in [-0.3, -0.25) is 4.79 Å². The highest BCUT2D eigenvalue weighted by Crippen LogP contribution is 2.44. The molecular weight excluding hydrogens is 458 g/mol. The van der Waals surface area contributed by atoms with Gasteiger partial charge in [-0.25, -0.2) is 9.59 Å². The van der Waals surface area contributed by atoms with Crippen LogP contribution in [0.25, 0.3) is 11.1 Å². The molecule has 0 aromatic heterocycles. The number of amides is 2. The maximum Gasteiger partial charge on any atom is 0.407 e. The van der Waals surface area contributed by atoms with E-state index in [1.54, 1.807) is 0 Å². The number of alkyl carbamates (subject to hydrolysis) is 1. The van der Waals surface area contributed by atoms with Crippen LogP contribution in [0.4, 0.5) is 13.6 Å². The van der Waals surface area contributed by atoms with E-state index in [4.69, 9.17) is 9.84 Å². The van der Waals surface area contributed by atoms with E-state index in [0.717, 1.165) is 22.3 Å². The Bertz CT molecular complexity index is 1110. The van der Waals surface area contributed by atoms with E-state index in [1.165, 1.54) is 0 Å². The Morgan fingerprint density at radius 2 is 1.57 bits per heavy atom. The minimum absolute atomic E-state index is 0.0664. The Morgan fingerprint density at radius 3 is 2.11 bits per heavy atom. The van der Waals surface area contributed by atoms with Crippen LogP contribution in [0.5, 0.6) is 0 Å². The molecule has 9 heteroatoms. The largest absolute Gasteiger partial charge is 0.477 e. The number of halogens is 2. The Morgan fingerprint density at radius 1 is 1.00 bits per heavy atom. The number of aliphatic carboxylic acids is 1. The number of carbonyl (C=O) groups excluding carboxylic acids is 2. The van der Waals surface area contributed by atoms with Crippen LogP contribution in [-0.2, 0) is 14.3 Å². The molecule has 1 atom stereocenters. The summed E-state index contributed by atoms with van der Waals surface area (Å²) in [4.78, 5) is 35.7. The lowest BCUT2D eigenvalue weighted by Crippen LogP contribution is -2.57. The summed E-state index contributed by atoms with van der Waals surface area (Å²) in [6.07, 6.45) is 0.900. The molecule has 2 aromatic carbocycles. The van der Waals surface area contributed by atoms with Gasteiger partial charge < -0.3 is 20.5 Å². The molecule has 0 heterocycles. The molecule has 2 aromatic rings. The first-order chi connectivity index (χ1) is 16.8. The number of nitrogens with one attached hydrogen (secondary N) is 2. The number of carboxylic acids is 1. The number of hydrogen-bond donors (Lipinski definition) is 3. The van der Waals surface area contributed by atoms with Crippen molar-refractivity contribution < 1.29 is 33.0 Å². The van der Waals surface area contributed by atoms with Gasteiger partial charge in [0.1, 0.15) is 12.6 Å². The van der Waals surface area contributed by atoms with E-state index in [0.29, 0.717) is 12.8 Å². The molecule has 3 N–H and O–H groups in total.